The highest BCUT2D eigenvalue weighted by Gasteiger charge is 2.33. The molecule has 2 atom stereocenters. The Morgan fingerprint density at radius 1 is 1.46 bits per heavy atom. The van der Waals surface area contributed by atoms with Crippen LogP contribution in [0.1, 0.15) is 23.8 Å². The van der Waals surface area contributed by atoms with Crippen molar-refractivity contribution in [1.82, 2.24) is 9.88 Å². The summed E-state index contributed by atoms with van der Waals surface area (Å²) < 4.78 is 5.14. The molecule has 1 aliphatic heterocycles. The van der Waals surface area contributed by atoms with E-state index in [-0.39, 0.29) is 11.9 Å². The topological polar surface area (TPSA) is 80.5 Å². The second kappa shape index (κ2) is 7.19. The van der Waals surface area contributed by atoms with Gasteiger partial charge in [0.15, 0.2) is 5.13 Å². The van der Waals surface area contributed by atoms with Crippen LogP contribution in [0.4, 0.5) is 10.8 Å². The molecule has 0 bridgehead atoms. The number of nitrogens with one attached hydrogen (secondary N) is 1. The van der Waals surface area contributed by atoms with E-state index in [1.54, 1.807) is 12.5 Å². The third-order valence-electron chi connectivity index (χ3n) is 4.32. The van der Waals surface area contributed by atoms with Gasteiger partial charge in [0.25, 0.3) is 5.91 Å². The van der Waals surface area contributed by atoms with Crippen LogP contribution in [-0.4, -0.2) is 42.0 Å². The minimum absolute atomic E-state index is 0.0162. The summed E-state index contributed by atoms with van der Waals surface area (Å²) in [4.78, 5) is 19.0. The number of nitrogens with two attached hydrogens (primary N) is 1. The summed E-state index contributed by atoms with van der Waals surface area (Å²) in [5, 5.41) is 5.72. The Labute approximate surface area is 145 Å². The van der Waals surface area contributed by atoms with Crippen LogP contribution >= 0.6 is 11.3 Å². The third-order valence-corrected chi connectivity index (χ3v) is 5.08. The maximum Gasteiger partial charge on any atom is 0.273 e. The van der Waals surface area contributed by atoms with Crippen molar-refractivity contribution in [2.24, 2.45) is 11.7 Å². The van der Waals surface area contributed by atoms with Gasteiger partial charge in [0.2, 0.25) is 0 Å². The number of hydrogen-bond donors (Lipinski definition) is 2. The number of likely N-dealkylation sites (tertiary alicyclic amines) is 1. The molecule has 2 heterocycles. The summed E-state index contributed by atoms with van der Waals surface area (Å²) in [5.41, 5.74) is 7.13. The molecule has 1 aliphatic rings. The van der Waals surface area contributed by atoms with Gasteiger partial charge in [-0.15, -0.1) is 11.3 Å². The Bertz CT molecular complexity index is 701. The predicted octanol–water partition coefficient (Wildman–Crippen LogP) is 2.70. The zero-order valence-corrected chi connectivity index (χ0v) is 14.7. The standard InChI is InChI=1S/C17H22N4O2S/c1-11-7-12(8-18)9-21(11)16(22)15-10-24-17(20-15)19-13-3-5-14(23-2)6-4-13/h3-6,10-12H,7-9,18H2,1-2H3,(H,19,20). The van der Waals surface area contributed by atoms with Gasteiger partial charge in [0.05, 0.1) is 7.11 Å². The first kappa shape index (κ1) is 16.7. The zero-order valence-electron chi connectivity index (χ0n) is 13.9. The van der Waals surface area contributed by atoms with Crippen LogP contribution in [0.25, 0.3) is 0 Å². The van der Waals surface area contributed by atoms with Gasteiger partial charge in [0, 0.05) is 23.7 Å². The van der Waals surface area contributed by atoms with Crippen molar-refractivity contribution in [1.29, 1.82) is 0 Å². The minimum Gasteiger partial charge on any atom is -0.497 e. The lowest BCUT2D eigenvalue weighted by atomic mass is 10.1. The number of methoxy groups -OCH3 is 1. The van der Waals surface area contributed by atoms with Gasteiger partial charge in [-0.25, -0.2) is 4.98 Å². The van der Waals surface area contributed by atoms with Crippen LogP contribution in [0.2, 0.25) is 0 Å². The molecule has 1 saturated heterocycles. The molecule has 2 unspecified atom stereocenters. The molecular formula is C17H22N4O2S. The van der Waals surface area contributed by atoms with Crippen LogP contribution < -0.4 is 15.8 Å². The fraction of sp³-hybridized carbons (Fsp3) is 0.412. The Morgan fingerprint density at radius 3 is 2.83 bits per heavy atom. The maximum absolute atomic E-state index is 12.7. The van der Waals surface area contributed by atoms with Crippen LogP contribution in [-0.2, 0) is 0 Å². The van der Waals surface area contributed by atoms with E-state index < -0.39 is 0 Å². The molecule has 2 aromatic rings. The fourth-order valence-corrected chi connectivity index (χ4v) is 3.68. The first-order valence-electron chi connectivity index (χ1n) is 7.98. The van der Waals surface area contributed by atoms with E-state index in [1.807, 2.05) is 29.2 Å². The van der Waals surface area contributed by atoms with Gasteiger partial charge >= 0.3 is 0 Å². The number of amides is 1. The Morgan fingerprint density at radius 2 is 2.21 bits per heavy atom. The zero-order chi connectivity index (χ0) is 17.1. The van der Waals surface area contributed by atoms with E-state index in [4.69, 9.17) is 10.5 Å². The second-order valence-corrected chi connectivity index (χ2v) is 6.89. The van der Waals surface area contributed by atoms with Crippen molar-refractivity contribution >= 4 is 28.1 Å². The fourth-order valence-electron chi connectivity index (χ4n) is 2.97. The Balaban J connectivity index is 1.67. The van der Waals surface area contributed by atoms with E-state index in [0.29, 0.717) is 23.3 Å². The molecule has 0 spiro atoms. The molecule has 3 rings (SSSR count). The number of ether oxygens (including phenoxy) is 1. The maximum atomic E-state index is 12.7. The van der Waals surface area contributed by atoms with Gasteiger partial charge in [-0.2, -0.15) is 0 Å². The van der Waals surface area contributed by atoms with E-state index in [0.717, 1.165) is 24.4 Å². The largest absolute Gasteiger partial charge is 0.497 e. The van der Waals surface area contributed by atoms with Gasteiger partial charge in [0.1, 0.15) is 11.4 Å². The third kappa shape index (κ3) is 3.52. The number of anilines is 2. The van der Waals surface area contributed by atoms with Crippen molar-refractivity contribution < 1.29 is 9.53 Å². The van der Waals surface area contributed by atoms with Crippen LogP contribution in [0.5, 0.6) is 5.75 Å². The highest BCUT2D eigenvalue weighted by atomic mass is 32.1. The van der Waals surface area contributed by atoms with E-state index in [2.05, 4.69) is 17.2 Å². The molecule has 0 radical (unpaired) electrons. The monoisotopic (exact) mass is 346 g/mol. The lowest BCUT2D eigenvalue weighted by Gasteiger charge is -2.20. The molecule has 0 aliphatic carbocycles. The van der Waals surface area contributed by atoms with Crippen molar-refractivity contribution in [3.63, 3.8) is 0 Å². The summed E-state index contributed by atoms with van der Waals surface area (Å²) >= 11 is 1.42. The molecule has 1 aromatic carbocycles. The lowest BCUT2D eigenvalue weighted by Crippen LogP contribution is -2.34. The molecule has 128 valence electrons. The molecule has 24 heavy (non-hydrogen) atoms. The SMILES string of the molecule is COc1ccc(Nc2nc(C(=O)N3CC(CN)CC3C)cs2)cc1. The lowest BCUT2D eigenvalue weighted by molar-refractivity contribution is 0.0738. The van der Waals surface area contributed by atoms with Gasteiger partial charge in [-0.3, -0.25) is 4.79 Å². The van der Waals surface area contributed by atoms with Crippen LogP contribution in [0.3, 0.4) is 0 Å². The summed E-state index contributed by atoms with van der Waals surface area (Å²) in [6, 6.07) is 7.79. The molecular weight excluding hydrogens is 324 g/mol. The molecule has 7 heteroatoms. The molecule has 1 aromatic heterocycles. The summed E-state index contributed by atoms with van der Waals surface area (Å²) in [7, 11) is 1.63. The smallest absolute Gasteiger partial charge is 0.273 e. The number of nitrogens with zero attached hydrogens (tertiary/aromatic N) is 2. The quantitative estimate of drug-likeness (QED) is 0.870. The summed E-state index contributed by atoms with van der Waals surface area (Å²) in [5.74, 6) is 1.17. The van der Waals surface area contributed by atoms with E-state index in [1.165, 1.54) is 11.3 Å². The summed E-state index contributed by atoms with van der Waals surface area (Å²) in [6.07, 6.45) is 0.962. The van der Waals surface area contributed by atoms with E-state index >= 15 is 0 Å². The second-order valence-electron chi connectivity index (χ2n) is 6.04. The number of carbonyl (C=O) groups is 1. The highest BCUT2D eigenvalue weighted by Crippen LogP contribution is 2.27. The molecule has 1 amide bonds. The average molecular weight is 346 g/mol. The van der Waals surface area contributed by atoms with Crippen LogP contribution in [0, 0.1) is 5.92 Å². The van der Waals surface area contributed by atoms with Crippen molar-refractivity contribution in [2.75, 3.05) is 25.5 Å². The first-order chi connectivity index (χ1) is 11.6. The predicted molar refractivity (Wildman–Crippen MR) is 96.1 cm³/mol. The Hall–Kier alpha value is -2.12. The minimum atomic E-state index is -0.0162. The molecule has 6 nitrogen and oxygen atoms in total. The van der Waals surface area contributed by atoms with Crippen molar-refractivity contribution in [3.05, 3.63) is 35.3 Å². The molecule has 1 fully saturated rings. The molecule has 0 saturated carbocycles. The normalized spacial score (nSPS) is 20.2. The molecule has 3 N–H and O–H groups in total. The van der Waals surface area contributed by atoms with Gasteiger partial charge in [-0.05, 0) is 50.1 Å². The first-order valence-corrected chi connectivity index (χ1v) is 8.86. The Kier molecular flexibility index (Phi) is 5.01. The van der Waals surface area contributed by atoms with Gasteiger partial charge in [-0.1, -0.05) is 0 Å². The highest BCUT2D eigenvalue weighted by molar-refractivity contribution is 7.14. The van der Waals surface area contributed by atoms with Crippen molar-refractivity contribution in [2.45, 2.75) is 19.4 Å². The van der Waals surface area contributed by atoms with Crippen molar-refractivity contribution in [3.8, 4) is 5.75 Å². The number of thiazole rings is 1. The number of benzene rings is 1. The average Bonchev–Trinajstić information content (AvgIpc) is 3.21. The van der Waals surface area contributed by atoms with E-state index in [9.17, 15) is 4.79 Å². The van der Waals surface area contributed by atoms with Crippen LogP contribution in [0.15, 0.2) is 29.6 Å². The number of rotatable bonds is 5. The van der Waals surface area contributed by atoms with Gasteiger partial charge < -0.3 is 20.7 Å². The number of carbonyl (C=O) groups excluding carboxylic acids is 1. The number of hydrogen-bond acceptors (Lipinski definition) is 6. The summed E-state index contributed by atoms with van der Waals surface area (Å²) in [6.45, 7) is 3.40. The number of aromatic nitrogens is 1.